The third-order valence-corrected chi connectivity index (χ3v) is 2.42. The van der Waals surface area contributed by atoms with Gasteiger partial charge in [0.15, 0.2) is 11.4 Å². The highest BCUT2D eigenvalue weighted by Crippen LogP contribution is 2.34. The molecule has 6 nitrogen and oxygen atoms in total. The molecule has 2 rings (SSSR count). The topological polar surface area (TPSA) is 89.3 Å². The summed E-state index contributed by atoms with van der Waals surface area (Å²) in [4.78, 5) is 26.2. The number of fused-ring (bicyclic) bond motifs is 1. The first-order valence-electron chi connectivity index (χ1n) is 5.72. The van der Waals surface area contributed by atoms with E-state index in [1.807, 2.05) is 6.07 Å². The molecule has 0 amide bonds. The number of nitriles is 1. The fourth-order valence-corrected chi connectivity index (χ4v) is 1.74. The average molecular weight is 270 g/mol. The van der Waals surface area contributed by atoms with Crippen LogP contribution in [0.1, 0.15) is 19.5 Å². The maximum Gasteiger partial charge on any atom is 0.309 e. The largest absolute Gasteiger partial charge is 0.423 e. The molecule has 6 heteroatoms. The number of nitrogens with zero attached hydrogens (tertiary/aromatic N) is 2. The highest BCUT2D eigenvalue weighted by Gasteiger charge is 2.18. The molecule has 0 saturated carbocycles. The molecule has 100 valence electrons. The molecule has 20 heavy (non-hydrogen) atoms. The lowest BCUT2D eigenvalue weighted by molar-refractivity contribution is -0.133. The minimum atomic E-state index is -0.561. The first-order chi connectivity index (χ1) is 9.52. The smallest absolute Gasteiger partial charge is 0.309 e. The third-order valence-electron chi connectivity index (χ3n) is 2.42. The first kappa shape index (κ1) is 13.5. The van der Waals surface area contributed by atoms with Crippen molar-refractivity contribution in [3.8, 4) is 17.7 Å². The van der Waals surface area contributed by atoms with E-state index in [0.29, 0.717) is 10.8 Å². The number of aromatic nitrogens is 1. The summed E-state index contributed by atoms with van der Waals surface area (Å²) in [5, 5.41) is 10.1. The normalized spacial score (nSPS) is 9.85. The Balaban J connectivity index is 2.77. The number of carbonyl (C=O) groups is 2. The Morgan fingerprint density at radius 3 is 2.25 bits per heavy atom. The molecule has 0 fully saturated rings. The van der Waals surface area contributed by atoms with Crippen molar-refractivity contribution < 1.29 is 19.1 Å². The zero-order valence-corrected chi connectivity index (χ0v) is 10.8. The highest BCUT2D eigenvalue weighted by atomic mass is 16.5. The molecule has 0 unspecified atom stereocenters. The first-order valence-corrected chi connectivity index (χ1v) is 5.72. The van der Waals surface area contributed by atoms with Crippen molar-refractivity contribution >= 4 is 22.7 Å². The van der Waals surface area contributed by atoms with E-state index >= 15 is 0 Å². The molecule has 0 radical (unpaired) electrons. The van der Waals surface area contributed by atoms with Crippen LogP contribution in [-0.2, 0) is 9.59 Å². The van der Waals surface area contributed by atoms with E-state index in [0.717, 1.165) is 0 Å². The van der Waals surface area contributed by atoms with Gasteiger partial charge in [-0.3, -0.25) is 9.59 Å². The van der Waals surface area contributed by atoms with Crippen LogP contribution in [0.25, 0.3) is 10.8 Å². The van der Waals surface area contributed by atoms with Crippen molar-refractivity contribution in [1.29, 1.82) is 5.26 Å². The van der Waals surface area contributed by atoms with Crippen molar-refractivity contribution in [3.05, 3.63) is 30.0 Å². The van der Waals surface area contributed by atoms with Crippen LogP contribution >= 0.6 is 0 Å². The van der Waals surface area contributed by atoms with Crippen molar-refractivity contribution in [2.45, 2.75) is 13.8 Å². The predicted molar refractivity (Wildman–Crippen MR) is 69.1 cm³/mol. The summed E-state index contributed by atoms with van der Waals surface area (Å²) in [6, 6.07) is 8.58. The van der Waals surface area contributed by atoms with Crippen molar-refractivity contribution in [2.24, 2.45) is 0 Å². The van der Waals surface area contributed by atoms with Crippen LogP contribution in [0.2, 0.25) is 0 Å². The number of carbonyl (C=O) groups excluding carboxylic acids is 2. The van der Waals surface area contributed by atoms with Gasteiger partial charge in [-0.1, -0.05) is 18.2 Å². The van der Waals surface area contributed by atoms with Gasteiger partial charge in [-0.15, -0.1) is 0 Å². The SMILES string of the molecule is CC(=O)Oc1nc(C#N)c(OC(C)=O)c2ccccc12. The minimum Gasteiger partial charge on any atom is -0.423 e. The Morgan fingerprint density at radius 2 is 1.70 bits per heavy atom. The lowest BCUT2D eigenvalue weighted by atomic mass is 10.1. The van der Waals surface area contributed by atoms with Crippen LogP contribution < -0.4 is 9.47 Å². The van der Waals surface area contributed by atoms with Crippen LogP contribution in [0.5, 0.6) is 11.6 Å². The summed E-state index contributed by atoms with van der Waals surface area (Å²) < 4.78 is 10.0. The second-order valence-corrected chi connectivity index (χ2v) is 3.94. The number of esters is 2. The van der Waals surface area contributed by atoms with Gasteiger partial charge >= 0.3 is 11.9 Å². The Hall–Kier alpha value is -2.94. The van der Waals surface area contributed by atoms with Crippen molar-refractivity contribution in [2.75, 3.05) is 0 Å². The minimum absolute atomic E-state index is 0.0144. The molecule has 0 aliphatic heterocycles. The number of ether oxygens (including phenoxy) is 2. The second-order valence-electron chi connectivity index (χ2n) is 3.94. The van der Waals surface area contributed by atoms with Crippen LogP contribution in [0.15, 0.2) is 24.3 Å². The van der Waals surface area contributed by atoms with E-state index in [-0.39, 0.29) is 17.3 Å². The Bertz CT molecular complexity index is 747. The number of benzene rings is 1. The highest BCUT2D eigenvalue weighted by molar-refractivity contribution is 5.95. The Kier molecular flexibility index (Phi) is 3.62. The molecular formula is C14H10N2O4. The van der Waals surface area contributed by atoms with Gasteiger partial charge in [0.05, 0.1) is 0 Å². The lowest BCUT2D eigenvalue weighted by Gasteiger charge is -2.10. The average Bonchev–Trinajstić information content (AvgIpc) is 2.40. The molecule has 0 N–H and O–H groups in total. The number of pyridine rings is 1. The van der Waals surface area contributed by atoms with Gasteiger partial charge in [0.1, 0.15) is 6.07 Å². The van der Waals surface area contributed by atoms with Crippen molar-refractivity contribution in [1.82, 2.24) is 4.98 Å². The molecule has 0 aliphatic carbocycles. The molecule has 0 aliphatic rings. The molecule has 1 aromatic carbocycles. The summed E-state index contributed by atoms with van der Waals surface area (Å²) >= 11 is 0. The van der Waals surface area contributed by atoms with E-state index in [2.05, 4.69) is 4.98 Å². The van der Waals surface area contributed by atoms with Gasteiger partial charge in [0.2, 0.25) is 5.88 Å². The second kappa shape index (κ2) is 5.36. The Labute approximate surface area is 114 Å². The van der Waals surface area contributed by atoms with E-state index in [1.165, 1.54) is 13.8 Å². The monoisotopic (exact) mass is 270 g/mol. The van der Waals surface area contributed by atoms with Crippen LogP contribution in [0.4, 0.5) is 0 Å². The molecule has 1 heterocycles. The maximum absolute atomic E-state index is 11.1. The molecule has 1 aromatic heterocycles. The zero-order chi connectivity index (χ0) is 14.7. The zero-order valence-electron chi connectivity index (χ0n) is 10.8. The van der Waals surface area contributed by atoms with Crippen molar-refractivity contribution in [3.63, 3.8) is 0 Å². The molecule has 0 atom stereocenters. The molecule has 0 saturated heterocycles. The van der Waals surface area contributed by atoms with E-state index in [4.69, 9.17) is 14.7 Å². The number of hydrogen-bond acceptors (Lipinski definition) is 6. The summed E-state index contributed by atoms with van der Waals surface area (Å²) in [5.41, 5.74) is -0.116. The van der Waals surface area contributed by atoms with Crippen LogP contribution in [0.3, 0.4) is 0 Å². The predicted octanol–water partition coefficient (Wildman–Crippen LogP) is 1.96. The fraction of sp³-hybridized carbons (Fsp3) is 0.143. The maximum atomic E-state index is 11.1. The summed E-state index contributed by atoms with van der Waals surface area (Å²) in [6.07, 6.45) is 0. The van der Waals surface area contributed by atoms with Gasteiger partial charge in [0.25, 0.3) is 0 Å². The molecule has 0 spiro atoms. The third kappa shape index (κ3) is 2.57. The quantitative estimate of drug-likeness (QED) is 0.775. The number of rotatable bonds is 2. The van der Waals surface area contributed by atoms with E-state index in [9.17, 15) is 9.59 Å². The fourth-order valence-electron chi connectivity index (χ4n) is 1.74. The summed E-state index contributed by atoms with van der Waals surface area (Å²) in [5.74, 6) is -1.03. The lowest BCUT2D eigenvalue weighted by Crippen LogP contribution is -2.08. The summed E-state index contributed by atoms with van der Waals surface area (Å²) in [6.45, 7) is 2.47. The summed E-state index contributed by atoms with van der Waals surface area (Å²) in [7, 11) is 0. The van der Waals surface area contributed by atoms with Gasteiger partial charge in [0, 0.05) is 24.6 Å². The van der Waals surface area contributed by atoms with Gasteiger partial charge < -0.3 is 9.47 Å². The molecular weight excluding hydrogens is 260 g/mol. The standard InChI is InChI=1S/C14H10N2O4/c1-8(17)19-13-10-5-3-4-6-11(10)14(20-9(2)18)16-12(13)7-15/h3-6H,1-2H3. The van der Waals surface area contributed by atoms with Crippen LogP contribution in [-0.4, -0.2) is 16.9 Å². The molecule has 0 bridgehead atoms. The van der Waals surface area contributed by atoms with Crippen LogP contribution in [0, 0.1) is 11.3 Å². The van der Waals surface area contributed by atoms with Gasteiger partial charge in [-0.05, 0) is 6.07 Å². The van der Waals surface area contributed by atoms with E-state index < -0.39 is 11.9 Å². The molecule has 2 aromatic rings. The van der Waals surface area contributed by atoms with E-state index in [1.54, 1.807) is 24.3 Å². The van der Waals surface area contributed by atoms with Gasteiger partial charge in [-0.2, -0.15) is 10.2 Å². The number of hydrogen-bond donors (Lipinski definition) is 0. The Morgan fingerprint density at radius 1 is 1.10 bits per heavy atom. The van der Waals surface area contributed by atoms with Gasteiger partial charge in [-0.25, -0.2) is 0 Å².